The molecule has 124 valence electrons. The van der Waals surface area contributed by atoms with Gasteiger partial charge in [-0.15, -0.1) is 0 Å². The van der Waals surface area contributed by atoms with E-state index < -0.39 is 10.2 Å². The zero-order chi connectivity index (χ0) is 15.1. The highest BCUT2D eigenvalue weighted by molar-refractivity contribution is 7.87. The van der Waals surface area contributed by atoms with E-state index in [0.717, 1.165) is 25.7 Å². The molecular formula is C15H31N3O2S. The number of likely N-dealkylation sites (tertiary alicyclic amines) is 1. The standard InChI is InChI=1S/C15H31N3O2S/c1-18-12-6-10-15(18)9-5-11-16-21(19,20)17-13-14-7-3-2-4-8-14/h14-17H,2-13H2,1H3/t15-/m1/s1. The molecule has 1 aliphatic heterocycles. The first-order valence-corrected chi connectivity index (χ1v) is 9.99. The summed E-state index contributed by atoms with van der Waals surface area (Å²) in [5.41, 5.74) is 0. The van der Waals surface area contributed by atoms with E-state index in [4.69, 9.17) is 0 Å². The van der Waals surface area contributed by atoms with E-state index >= 15 is 0 Å². The van der Waals surface area contributed by atoms with Gasteiger partial charge in [-0.25, -0.2) is 9.44 Å². The molecular weight excluding hydrogens is 286 g/mol. The Labute approximate surface area is 130 Å². The van der Waals surface area contributed by atoms with Crippen LogP contribution in [0.2, 0.25) is 0 Å². The summed E-state index contributed by atoms with van der Waals surface area (Å²) in [5.74, 6) is 0.530. The molecule has 1 atom stereocenters. The van der Waals surface area contributed by atoms with E-state index in [0.29, 0.717) is 25.0 Å². The maximum atomic E-state index is 11.9. The van der Waals surface area contributed by atoms with Gasteiger partial charge in [-0.3, -0.25) is 0 Å². The van der Waals surface area contributed by atoms with Crippen LogP contribution >= 0.6 is 0 Å². The second-order valence-electron chi connectivity index (χ2n) is 6.67. The third kappa shape index (κ3) is 6.22. The lowest BCUT2D eigenvalue weighted by atomic mass is 9.90. The van der Waals surface area contributed by atoms with Crippen molar-refractivity contribution >= 4 is 10.2 Å². The number of hydrogen-bond donors (Lipinski definition) is 2. The molecule has 0 spiro atoms. The van der Waals surface area contributed by atoms with Gasteiger partial charge in [-0.05, 0) is 58.0 Å². The number of nitrogens with one attached hydrogen (secondary N) is 2. The summed E-state index contributed by atoms with van der Waals surface area (Å²) in [4.78, 5) is 2.38. The third-order valence-electron chi connectivity index (χ3n) is 4.96. The molecule has 2 rings (SSSR count). The highest BCUT2D eigenvalue weighted by Crippen LogP contribution is 2.22. The second kappa shape index (κ2) is 8.46. The Kier molecular flexibility index (Phi) is 6.92. The molecule has 1 saturated heterocycles. The summed E-state index contributed by atoms with van der Waals surface area (Å²) in [6.07, 6.45) is 10.6. The summed E-state index contributed by atoms with van der Waals surface area (Å²) in [5, 5.41) is 0. The zero-order valence-corrected chi connectivity index (χ0v) is 14.1. The summed E-state index contributed by atoms with van der Waals surface area (Å²) in [6, 6.07) is 0.643. The number of hydrogen-bond acceptors (Lipinski definition) is 3. The lowest BCUT2D eigenvalue weighted by molar-refractivity contribution is 0.292. The maximum absolute atomic E-state index is 11.9. The second-order valence-corrected chi connectivity index (χ2v) is 8.25. The van der Waals surface area contributed by atoms with Crippen molar-refractivity contribution in [2.24, 2.45) is 5.92 Å². The van der Waals surface area contributed by atoms with Crippen LogP contribution in [0.15, 0.2) is 0 Å². The molecule has 2 fully saturated rings. The minimum atomic E-state index is -3.30. The van der Waals surface area contributed by atoms with Gasteiger partial charge < -0.3 is 4.90 Å². The Balaban J connectivity index is 1.57. The van der Waals surface area contributed by atoms with Gasteiger partial charge in [-0.2, -0.15) is 8.42 Å². The summed E-state index contributed by atoms with van der Waals surface area (Å²) < 4.78 is 29.2. The first-order valence-electron chi connectivity index (χ1n) is 8.51. The average molecular weight is 317 g/mol. The monoisotopic (exact) mass is 317 g/mol. The van der Waals surface area contributed by atoms with Crippen LogP contribution < -0.4 is 9.44 Å². The highest BCUT2D eigenvalue weighted by atomic mass is 32.2. The number of nitrogens with zero attached hydrogens (tertiary/aromatic N) is 1. The lowest BCUT2D eigenvalue weighted by Gasteiger charge is -2.22. The van der Waals surface area contributed by atoms with Crippen LogP contribution in [0.5, 0.6) is 0 Å². The molecule has 0 bridgehead atoms. The van der Waals surface area contributed by atoms with Crippen molar-refractivity contribution in [2.45, 2.75) is 63.8 Å². The van der Waals surface area contributed by atoms with E-state index in [2.05, 4.69) is 21.4 Å². The molecule has 1 saturated carbocycles. The quantitative estimate of drug-likeness (QED) is 0.672. The summed E-state index contributed by atoms with van der Waals surface area (Å²) in [6.45, 7) is 2.32. The van der Waals surface area contributed by atoms with Crippen LogP contribution in [0.4, 0.5) is 0 Å². The predicted molar refractivity (Wildman–Crippen MR) is 86.4 cm³/mol. The van der Waals surface area contributed by atoms with E-state index in [1.54, 1.807) is 0 Å². The van der Waals surface area contributed by atoms with Crippen molar-refractivity contribution in [1.82, 2.24) is 14.3 Å². The lowest BCUT2D eigenvalue weighted by Crippen LogP contribution is -2.40. The molecule has 1 heterocycles. The van der Waals surface area contributed by atoms with Crippen molar-refractivity contribution in [3.63, 3.8) is 0 Å². The average Bonchev–Trinajstić information content (AvgIpc) is 2.88. The summed E-state index contributed by atoms with van der Waals surface area (Å²) in [7, 11) is -1.14. The Hall–Kier alpha value is -0.170. The van der Waals surface area contributed by atoms with Crippen molar-refractivity contribution in [1.29, 1.82) is 0 Å². The third-order valence-corrected chi connectivity index (χ3v) is 6.10. The SMILES string of the molecule is CN1CCC[C@H]1CCCNS(=O)(=O)NCC1CCCCC1. The van der Waals surface area contributed by atoms with E-state index in [1.807, 2.05) is 0 Å². The van der Waals surface area contributed by atoms with Crippen molar-refractivity contribution in [3.05, 3.63) is 0 Å². The largest absolute Gasteiger partial charge is 0.303 e. The van der Waals surface area contributed by atoms with E-state index in [9.17, 15) is 8.42 Å². The van der Waals surface area contributed by atoms with Gasteiger partial charge in [0.05, 0.1) is 0 Å². The number of rotatable bonds is 8. The van der Waals surface area contributed by atoms with Gasteiger partial charge in [0.25, 0.3) is 10.2 Å². The highest BCUT2D eigenvalue weighted by Gasteiger charge is 2.20. The molecule has 1 aliphatic carbocycles. The molecule has 6 heteroatoms. The molecule has 0 aromatic heterocycles. The first-order chi connectivity index (χ1) is 10.1. The molecule has 21 heavy (non-hydrogen) atoms. The Morgan fingerprint density at radius 1 is 1.05 bits per heavy atom. The van der Waals surface area contributed by atoms with Crippen LogP contribution in [0.25, 0.3) is 0 Å². The summed E-state index contributed by atoms with van der Waals surface area (Å²) >= 11 is 0. The normalized spacial score (nSPS) is 25.5. The van der Waals surface area contributed by atoms with Crippen molar-refractivity contribution in [3.8, 4) is 0 Å². The first kappa shape index (κ1) is 17.2. The fourth-order valence-corrected chi connectivity index (χ4v) is 4.53. The van der Waals surface area contributed by atoms with E-state index in [1.165, 1.54) is 38.6 Å². The van der Waals surface area contributed by atoms with Crippen LogP contribution in [0.1, 0.15) is 57.8 Å². The smallest absolute Gasteiger partial charge is 0.276 e. The minimum Gasteiger partial charge on any atom is -0.303 e. The predicted octanol–water partition coefficient (Wildman–Crippen LogP) is 1.87. The van der Waals surface area contributed by atoms with Gasteiger partial charge in [0, 0.05) is 19.1 Å². The topological polar surface area (TPSA) is 61.4 Å². The molecule has 0 amide bonds. The minimum absolute atomic E-state index is 0.530. The zero-order valence-electron chi connectivity index (χ0n) is 13.3. The van der Waals surface area contributed by atoms with Crippen LogP contribution in [-0.2, 0) is 10.2 Å². The van der Waals surface area contributed by atoms with Gasteiger partial charge in [-0.1, -0.05) is 19.3 Å². The fourth-order valence-electron chi connectivity index (χ4n) is 3.56. The van der Waals surface area contributed by atoms with Crippen LogP contribution in [0.3, 0.4) is 0 Å². The molecule has 0 aromatic carbocycles. The van der Waals surface area contributed by atoms with Crippen molar-refractivity contribution in [2.75, 3.05) is 26.7 Å². The van der Waals surface area contributed by atoms with Gasteiger partial charge in [0.1, 0.15) is 0 Å². The van der Waals surface area contributed by atoms with E-state index in [-0.39, 0.29) is 0 Å². The van der Waals surface area contributed by atoms with Gasteiger partial charge in [0.2, 0.25) is 0 Å². The molecule has 0 radical (unpaired) electrons. The molecule has 0 unspecified atom stereocenters. The molecule has 0 aromatic rings. The van der Waals surface area contributed by atoms with Crippen LogP contribution in [-0.4, -0.2) is 46.0 Å². The Bertz CT molecular complexity index is 394. The van der Waals surface area contributed by atoms with Gasteiger partial charge >= 0.3 is 0 Å². The molecule has 2 N–H and O–H groups in total. The van der Waals surface area contributed by atoms with Crippen LogP contribution in [0, 0.1) is 5.92 Å². The van der Waals surface area contributed by atoms with Crippen molar-refractivity contribution < 1.29 is 8.42 Å². The fraction of sp³-hybridized carbons (Fsp3) is 1.00. The maximum Gasteiger partial charge on any atom is 0.276 e. The molecule has 5 nitrogen and oxygen atoms in total. The Morgan fingerprint density at radius 3 is 2.48 bits per heavy atom. The molecule has 2 aliphatic rings. The Morgan fingerprint density at radius 2 is 1.81 bits per heavy atom. The van der Waals surface area contributed by atoms with Gasteiger partial charge in [0.15, 0.2) is 0 Å².